The molecule has 0 bridgehead atoms. The highest BCUT2D eigenvalue weighted by Crippen LogP contribution is 2.69. The van der Waals surface area contributed by atoms with Crippen molar-refractivity contribution in [1.82, 2.24) is 0 Å². The largest absolute Gasteiger partial charge is 0.310 e. The lowest BCUT2D eigenvalue weighted by atomic mass is 9.67. The van der Waals surface area contributed by atoms with Gasteiger partial charge in [-0.2, -0.15) is 0 Å². The molecule has 80 heavy (non-hydrogen) atoms. The van der Waals surface area contributed by atoms with Gasteiger partial charge < -0.3 is 9.80 Å². The first kappa shape index (κ1) is 46.6. The zero-order chi connectivity index (χ0) is 52.8. The van der Waals surface area contributed by atoms with Gasteiger partial charge in [0.15, 0.2) is 0 Å². The number of fused-ring (bicyclic) bond motifs is 6. The van der Waals surface area contributed by atoms with Gasteiger partial charge in [0.05, 0.1) is 16.8 Å². The highest BCUT2D eigenvalue weighted by Gasteiger charge is 2.62. The van der Waals surface area contributed by atoms with Crippen LogP contribution in [0.15, 0.2) is 291 Å². The van der Waals surface area contributed by atoms with E-state index in [1.165, 1.54) is 119 Å². The van der Waals surface area contributed by atoms with Gasteiger partial charge in [-0.05, 0) is 187 Å². The summed E-state index contributed by atoms with van der Waals surface area (Å²) in [7, 11) is 0. The fourth-order valence-electron chi connectivity index (χ4n) is 15.8. The quantitative estimate of drug-likeness (QED) is 0.135. The number of nitrogens with zero attached hydrogens (tertiary/aromatic N) is 2. The van der Waals surface area contributed by atoms with Gasteiger partial charge in [0.25, 0.3) is 0 Å². The van der Waals surface area contributed by atoms with Crippen LogP contribution in [0.25, 0.3) is 44.2 Å². The molecule has 2 heteroatoms. The van der Waals surface area contributed by atoms with Gasteiger partial charge in [0.1, 0.15) is 0 Å². The second-order valence-corrected chi connectivity index (χ2v) is 22.6. The Hall–Kier alpha value is -9.50. The number of hydrogen-bond donors (Lipinski definition) is 0. The second kappa shape index (κ2) is 18.6. The monoisotopic (exact) mass is 1020 g/mol. The van der Waals surface area contributed by atoms with Crippen molar-refractivity contribution >= 4 is 44.9 Å². The maximum Gasteiger partial charge on any atom is 0.0714 e. The molecule has 1 saturated carbocycles. The molecule has 4 aliphatic carbocycles. The molecule has 0 aromatic heterocycles. The van der Waals surface area contributed by atoms with E-state index >= 15 is 0 Å². The third-order valence-electron chi connectivity index (χ3n) is 18.8. The first-order chi connectivity index (χ1) is 39.7. The highest BCUT2D eigenvalue weighted by atomic mass is 15.2. The van der Waals surface area contributed by atoms with E-state index in [1.807, 2.05) is 0 Å². The molecule has 0 aliphatic heterocycles. The topological polar surface area (TPSA) is 6.48 Å². The van der Waals surface area contributed by atoms with Gasteiger partial charge in [0, 0.05) is 28.2 Å². The Balaban J connectivity index is 0.887. The van der Waals surface area contributed by atoms with Crippen molar-refractivity contribution in [2.75, 3.05) is 9.80 Å². The van der Waals surface area contributed by atoms with Crippen molar-refractivity contribution in [3.8, 4) is 33.4 Å². The molecule has 0 saturated heterocycles. The molecule has 1 fully saturated rings. The van der Waals surface area contributed by atoms with Crippen LogP contribution in [0.1, 0.15) is 57.3 Å². The summed E-state index contributed by atoms with van der Waals surface area (Å²) in [5.41, 5.74) is 25.2. The molecule has 1 spiro atoms. The van der Waals surface area contributed by atoms with E-state index in [4.69, 9.17) is 0 Å². The Labute approximate surface area is 469 Å². The van der Waals surface area contributed by atoms with Crippen LogP contribution in [0, 0.1) is 11.8 Å². The summed E-state index contributed by atoms with van der Waals surface area (Å²) >= 11 is 0. The highest BCUT2D eigenvalue weighted by molar-refractivity contribution is 6.04. The molecule has 3 unspecified atom stereocenters. The molecule has 12 aromatic rings. The van der Waals surface area contributed by atoms with Gasteiger partial charge in [-0.25, -0.2) is 0 Å². The summed E-state index contributed by atoms with van der Waals surface area (Å²) in [6, 6.07) is 109. The average molecular weight is 1020 g/mol. The number of anilines is 6. The van der Waals surface area contributed by atoms with Crippen molar-refractivity contribution in [3.63, 3.8) is 0 Å². The van der Waals surface area contributed by atoms with E-state index in [2.05, 4.69) is 301 Å². The zero-order valence-electron chi connectivity index (χ0n) is 44.6. The normalized spacial score (nSPS) is 17.7. The number of rotatable bonds is 10. The Morgan fingerprint density at radius 1 is 0.325 bits per heavy atom. The lowest BCUT2D eigenvalue weighted by Crippen LogP contribution is -2.34. The van der Waals surface area contributed by atoms with Crippen molar-refractivity contribution in [2.45, 2.75) is 36.5 Å². The molecule has 16 rings (SSSR count). The predicted molar refractivity (Wildman–Crippen MR) is 332 cm³/mol. The average Bonchev–Trinajstić information content (AvgIpc) is 2.92. The first-order valence-corrected chi connectivity index (χ1v) is 28.7. The summed E-state index contributed by atoms with van der Waals surface area (Å²) in [6.07, 6.45) is 4.55. The lowest BCUT2D eigenvalue weighted by Gasteiger charge is -2.40. The van der Waals surface area contributed by atoms with E-state index in [1.54, 1.807) is 0 Å². The minimum atomic E-state index is -0.524. The van der Waals surface area contributed by atoms with Crippen molar-refractivity contribution < 1.29 is 0 Å². The summed E-state index contributed by atoms with van der Waals surface area (Å²) in [5.74, 6) is 0.928. The second-order valence-electron chi connectivity index (χ2n) is 22.6. The van der Waals surface area contributed by atoms with Crippen molar-refractivity contribution in [1.29, 1.82) is 0 Å². The van der Waals surface area contributed by atoms with Crippen LogP contribution in [-0.2, 0) is 23.7 Å². The summed E-state index contributed by atoms with van der Waals surface area (Å²) in [5, 5.41) is 2.51. The van der Waals surface area contributed by atoms with Crippen LogP contribution in [0.2, 0.25) is 0 Å². The fourth-order valence-corrected chi connectivity index (χ4v) is 15.8. The van der Waals surface area contributed by atoms with Gasteiger partial charge in [0.2, 0.25) is 0 Å². The fraction of sp³-hybridized carbons (Fsp3) is 0.103. The molecule has 0 radical (unpaired) electrons. The third-order valence-corrected chi connectivity index (χ3v) is 18.8. The first-order valence-electron chi connectivity index (χ1n) is 28.7. The molecule has 0 heterocycles. The van der Waals surface area contributed by atoms with Crippen molar-refractivity contribution in [2.24, 2.45) is 11.8 Å². The summed E-state index contributed by atoms with van der Waals surface area (Å²) in [6.45, 7) is 0. The van der Waals surface area contributed by atoms with E-state index in [-0.39, 0.29) is 5.41 Å². The van der Waals surface area contributed by atoms with Crippen molar-refractivity contribution in [3.05, 3.63) is 336 Å². The third kappa shape index (κ3) is 6.85. The number of benzene rings is 12. The molecule has 380 valence electrons. The van der Waals surface area contributed by atoms with E-state index in [0.29, 0.717) is 11.8 Å². The molecule has 0 amide bonds. The zero-order valence-corrected chi connectivity index (χ0v) is 44.6. The molecular formula is C78H58N2. The Kier molecular flexibility index (Phi) is 10.8. The standard InChI is InChI=1S/C78H58N2/c1-6-23-55(24-7-1)74-66-35-17-16-22-53(66)42-48-67(74)54-40-45-64(46-41-54)79(62-31-12-4-13-32-62)72-38-20-25-56-50-60-43-44-61-51-57-26-21-39-73(76(57)78(60,61)75(56)72)80(63-33-14-5-15-34-63)65-47-49-69-68-36-18-19-37-70(68)77(71(69)52-65,58-27-8-2-9-28-58)59-29-10-3-11-30-59/h1-42,45-49,52,60-61H,43-44,50-51H2. The van der Waals surface area contributed by atoms with Crippen LogP contribution in [-0.4, -0.2) is 0 Å². The van der Waals surface area contributed by atoms with E-state index < -0.39 is 5.41 Å². The van der Waals surface area contributed by atoms with Crippen LogP contribution < -0.4 is 9.80 Å². The van der Waals surface area contributed by atoms with E-state index in [9.17, 15) is 0 Å². The summed E-state index contributed by atoms with van der Waals surface area (Å²) in [4.78, 5) is 5.20. The van der Waals surface area contributed by atoms with Crippen LogP contribution in [0.3, 0.4) is 0 Å². The van der Waals surface area contributed by atoms with Crippen LogP contribution in [0.4, 0.5) is 34.1 Å². The van der Waals surface area contributed by atoms with Gasteiger partial charge in [-0.1, -0.05) is 231 Å². The number of hydrogen-bond acceptors (Lipinski definition) is 2. The van der Waals surface area contributed by atoms with Gasteiger partial charge in [-0.15, -0.1) is 0 Å². The number of para-hydroxylation sites is 2. The Morgan fingerprint density at radius 3 is 1.41 bits per heavy atom. The van der Waals surface area contributed by atoms with Gasteiger partial charge >= 0.3 is 0 Å². The molecule has 12 aromatic carbocycles. The molecule has 4 aliphatic rings. The van der Waals surface area contributed by atoms with Crippen LogP contribution in [0.5, 0.6) is 0 Å². The maximum absolute atomic E-state index is 2.63. The van der Waals surface area contributed by atoms with Crippen LogP contribution >= 0.6 is 0 Å². The SMILES string of the molecule is c1ccc(-c2c(-c3ccc(N(c4ccccc4)c4cccc5c4C46c7c(cccc7N(c7ccccc7)c7ccc8c(c7)C(c7ccccc7)(c7ccccc7)c7ccccc7-8)CC4CCC6C5)cc3)ccc3ccccc23)cc1. The maximum atomic E-state index is 2.63. The van der Waals surface area contributed by atoms with Gasteiger partial charge in [-0.3, -0.25) is 0 Å². The Morgan fingerprint density at radius 2 is 0.800 bits per heavy atom. The Bertz CT molecular complexity index is 4260. The molecule has 0 N–H and O–H groups in total. The summed E-state index contributed by atoms with van der Waals surface area (Å²) < 4.78 is 0. The predicted octanol–water partition coefficient (Wildman–Crippen LogP) is 19.9. The lowest BCUT2D eigenvalue weighted by molar-refractivity contribution is 0.350. The molecular weight excluding hydrogens is 965 g/mol. The molecule has 2 nitrogen and oxygen atoms in total. The minimum absolute atomic E-state index is 0.210. The molecule has 3 atom stereocenters. The minimum Gasteiger partial charge on any atom is -0.310 e. The smallest absolute Gasteiger partial charge is 0.0714 e. The van der Waals surface area contributed by atoms with E-state index in [0.717, 1.165) is 29.9 Å².